The Kier molecular flexibility index (Phi) is 4.74. The molecule has 5 nitrogen and oxygen atoms in total. The maximum Gasteiger partial charge on any atom is 0.313 e. The van der Waals surface area contributed by atoms with Crippen molar-refractivity contribution in [1.82, 2.24) is 0 Å². The average Bonchev–Trinajstić information content (AvgIpc) is 2.61. The zero-order chi connectivity index (χ0) is 18.0. The van der Waals surface area contributed by atoms with E-state index < -0.39 is 0 Å². The molecule has 0 bridgehead atoms. The highest BCUT2D eigenvalue weighted by Gasteiger charge is 2.25. The first-order chi connectivity index (χ1) is 12.0. The van der Waals surface area contributed by atoms with Gasteiger partial charge >= 0.3 is 5.97 Å². The van der Waals surface area contributed by atoms with Gasteiger partial charge in [-0.05, 0) is 49.6 Å². The van der Waals surface area contributed by atoms with Crippen molar-refractivity contribution in [2.24, 2.45) is 0 Å². The van der Waals surface area contributed by atoms with Crippen LogP contribution in [-0.2, 0) is 9.59 Å². The lowest BCUT2D eigenvalue weighted by Gasteiger charge is -2.29. The summed E-state index contributed by atoms with van der Waals surface area (Å²) in [6.45, 7) is 6.09. The van der Waals surface area contributed by atoms with Crippen molar-refractivity contribution in [3.05, 3.63) is 53.1 Å². The van der Waals surface area contributed by atoms with Gasteiger partial charge in [-0.1, -0.05) is 24.3 Å². The number of hydrogen-bond acceptors (Lipinski definition) is 4. The van der Waals surface area contributed by atoms with Crippen LogP contribution in [0.5, 0.6) is 11.5 Å². The number of nitrogens with zero attached hydrogens (tertiary/aromatic N) is 1. The first kappa shape index (κ1) is 17.0. The Morgan fingerprint density at radius 1 is 1.12 bits per heavy atom. The zero-order valence-electron chi connectivity index (χ0n) is 14.7. The monoisotopic (exact) mass is 339 g/mol. The van der Waals surface area contributed by atoms with Gasteiger partial charge in [0.25, 0.3) is 5.91 Å². The molecule has 2 aromatic carbocycles. The Balaban J connectivity index is 1.69. The number of hydrogen-bond donors (Lipinski definition) is 0. The summed E-state index contributed by atoms with van der Waals surface area (Å²) in [4.78, 5) is 26.0. The predicted octanol–water partition coefficient (Wildman–Crippen LogP) is 3.33. The third-order valence-corrected chi connectivity index (χ3v) is 4.44. The van der Waals surface area contributed by atoms with Crippen LogP contribution in [0.25, 0.3) is 0 Å². The van der Waals surface area contributed by atoms with Gasteiger partial charge in [0.15, 0.2) is 6.61 Å². The van der Waals surface area contributed by atoms with Gasteiger partial charge in [-0.25, -0.2) is 0 Å². The molecule has 3 rings (SSSR count). The number of aryl methyl sites for hydroxylation is 2. The van der Waals surface area contributed by atoms with E-state index in [9.17, 15) is 9.59 Å². The number of esters is 1. The molecule has 0 radical (unpaired) electrons. The quantitative estimate of drug-likeness (QED) is 0.633. The van der Waals surface area contributed by atoms with Gasteiger partial charge in [-0.3, -0.25) is 9.59 Å². The largest absolute Gasteiger partial charge is 0.482 e. The molecule has 0 fully saturated rings. The van der Waals surface area contributed by atoms with Crippen LogP contribution >= 0.6 is 0 Å². The second kappa shape index (κ2) is 6.97. The van der Waals surface area contributed by atoms with Gasteiger partial charge in [-0.2, -0.15) is 0 Å². The third-order valence-electron chi connectivity index (χ3n) is 4.44. The highest BCUT2D eigenvalue weighted by atomic mass is 16.5. The number of amides is 1. The summed E-state index contributed by atoms with van der Waals surface area (Å²) < 4.78 is 11.0. The summed E-state index contributed by atoms with van der Waals surface area (Å²) in [6, 6.07) is 11.3. The van der Waals surface area contributed by atoms with Gasteiger partial charge in [0.2, 0.25) is 0 Å². The van der Waals surface area contributed by atoms with E-state index in [1.54, 1.807) is 4.90 Å². The lowest BCUT2D eigenvalue weighted by Crippen LogP contribution is -2.40. The number of carbonyl (C=O) groups is 2. The molecule has 130 valence electrons. The van der Waals surface area contributed by atoms with Crippen LogP contribution in [-0.4, -0.2) is 25.0 Å². The van der Waals surface area contributed by atoms with Crippen LogP contribution in [0.3, 0.4) is 0 Å². The summed E-state index contributed by atoms with van der Waals surface area (Å²) >= 11 is 0. The van der Waals surface area contributed by atoms with Crippen molar-refractivity contribution >= 4 is 17.6 Å². The van der Waals surface area contributed by atoms with Crippen molar-refractivity contribution in [3.8, 4) is 11.5 Å². The molecule has 0 saturated heterocycles. The third kappa shape index (κ3) is 3.50. The van der Waals surface area contributed by atoms with E-state index in [2.05, 4.69) is 0 Å². The molecular formula is C20H21NO4. The Labute approximate surface area is 147 Å². The van der Waals surface area contributed by atoms with Gasteiger partial charge in [0.05, 0.1) is 12.1 Å². The van der Waals surface area contributed by atoms with Crippen LogP contribution < -0.4 is 14.4 Å². The van der Waals surface area contributed by atoms with E-state index >= 15 is 0 Å². The Morgan fingerprint density at radius 2 is 1.84 bits per heavy atom. The molecule has 5 heteroatoms. The van der Waals surface area contributed by atoms with Crippen molar-refractivity contribution in [2.45, 2.75) is 27.2 Å². The molecule has 0 aliphatic carbocycles. The van der Waals surface area contributed by atoms with E-state index in [1.807, 2.05) is 57.2 Å². The molecule has 1 aliphatic heterocycles. The summed E-state index contributed by atoms with van der Waals surface area (Å²) in [6.07, 6.45) is 0.118. The first-order valence-corrected chi connectivity index (χ1v) is 8.27. The summed E-state index contributed by atoms with van der Waals surface area (Å²) in [7, 11) is 0. The first-order valence-electron chi connectivity index (χ1n) is 8.27. The number of carbonyl (C=O) groups excluding carboxylic acids is 2. The Morgan fingerprint density at radius 3 is 2.64 bits per heavy atom. The minimum absolute atomic E-state index is 0.0117. The maximum atomic E-state index is 12.3. The standard InChI is InChI=1S/C20H21NO4/c1-13-8-9-14(2)20(15(13)3)25-19(23)10-11-21-16-6-4-5-7-17(16)24-12-18(21)22/h4-9H,10-12H2,1-3H3. The fraction of sp³-hybridized carbons (Fsp3) is 0.300. The molecule has 0 atom stereocenters. The lowest BCUT2D eigenvalue weighted by molar-refractivity contribution is -0.134. The summed E-state index contributed by atoms with van der Waals surface area (Å²) in [5.41, 5.74) is 3.64. The lowest BCUT2D eigenvalue weighted by atomic mass is 10.1. The van der Waals surface area contributed by atoms with Crippen molar-refractivity contribution < 1.29 is 19.1 Å². The van der Waals surface area contributed by atoms with Gasteiger partial charge in [0.1, 0.15) is 11.5 Å². The molecule has 0 aromatic heterocycles. The molecule has 1 heterocycles. The molecule has 1 amide bonds. The highest BCUT2D eigenvalue weighted by Crippen LogP contribution is 2.31. The number of benzene rings is 2. The number of para-hydroxylation sites is 2. The molecule has 0 unspecified atom stereocenters. The topological polar surface area (TPSA) is 55.8 Å². The maximum absolute atomic E-state index is 12.3. The van der Waals surface area contributed by atoms with Gasteiger partial charge < -0.3 is 14.4 Å². The molecular weight excluding hydrogens is 318 g/mol. The zero-order valence-corrected chi connectivity index (χ0v) is 14.7. The fourth-order valence-electron chi connectivity index (χ4n) is 2.85. The summed E-state index contributed by atoms with van der Waals surface area (Å²) in [5, 5.41) is 0. The molecule has 0 N–H and O–H groups in total. The molecule has 25 heavy (non-hydrogen) atoms. The normalized spacial score (nSPS) is 13.2. The van der Waals surface area contributed by atoms with Crippen molar-refractivity contribution in [2.75, 3.05) is 18.1 Å². The van der Waals surface area contributed by atoms with E-state index in [4.69, 9.17) is 9.47 Å². The SMILES string of the molecule is Cc1ccc(C)c(OC(=O)CCN2C(=O)COc3ccccc32)c1C. The van der Waals surface area contributed by atoms with E-state index in [0.717, 1.165) is 16.7 Å². The second-order valence-corrected chi connectivity index (χ2v) is 6.18. The number of ether oxygens (including phenoxy) is 2. The van der Waals surface area contributed by atoms with Crippen molar-refractivity contribution in [1.29, 1.82) is 0 Å². The number of anilines is 1. The van der Waals surface area contributed by atoms with Crippen LogP contribution in [0.15, 0.2) is 36.4 Å². The van der Waals surface area contributed by atoms with Crippen LogP contribution in [0, 0.1) is 20.8 Å². The minimum Gasteiger partial charge on any atom is -0.482 e. The predicted molar refractivity (Wildman–Crippen MR) is 95.2 cm³/mol. The van der Waals surface area contributed by atoms with Crippen LogP contribution in [0.4, 0.5) is 5.69 Å². The number of fused-ring (bicyclic) bond motifs is 1. The molecule has 0 saturated carbocycles. The van der Waals surface area contributed by atoms with E-state index in [-0.39, 0.29) is 31.4 Å². The number of rotatable bonds is 4. The van der Waals surface area contributed by atoms with E-state index in [0.29, 0.717) is 17.2 Å². The minimum atomic E-state index is -0.353. The fourth-order valence-corrected chi connectivity index (χ4v) is 2.85. The highest BCUT2D eigenvalue weighted by molar-refractivity contribution is 5.98. The Bertz CT molecular complexity index is 828. The van der Waals surface area contributed by atoms with E-state index in [1.165, 1.54) is 0 Å². The molecule has 1 aliphatic rings. The molecule has 0 spiro atoms. The average molecular weight is 339 g/mol. The van der Waals surface area contributed by atoms with Crippen LogP contribution in [0.1, 0.15) is 23.1 Å². The summed E-state index contributed by atoms with van der Waals surface area (Å²) in [5.74, 6) is 0.752. The van der Waals surface area contributed by atoms with Gasteiger partial charge in [-0.15, -0.1) is 0 Å². The van der Waals surface area contributed by atoms with Gasteiger partial charge in [0, 0.05) is 6.54 Å². The molecule has 2 aromatic rings. The van der Waals surface area contributed by atoms with Crippen LogP contribution in [0.2, 0.25) is 0 Å². The Hall–Kier alpha value is -2.82. The second-order valence-electron chi connectivity index (χ2n) is 6.18. The van der Waals surface area contributed by atoms with Crippen molar-refractivity contribution in [3.63, 3.8) is 0 Å². The smallest absolute Gasteiger partial charge is 0.313 e.